The fourth-order valence-corrected chi connectivity index (χ4v) is 2.93. The van der Waals surface area contributed by atoms with E-state index in [1.54, 1.807) is 0 Å². The molecule has 0 bridgehead atoms. The topological polar surface area (TPSA) is 44.4 Å². The maximum Gasteiger partial charge on any atom is 0.255 e. The highest BCUT2D eigenvalue weighted by Crippen LogP contribution is 2.24. The fraction of sp³-hybridized carbons (Fsp3) is 0.533. The van der Waals surface area contributed by atoms with E-state index in [4.69, 9.17) is 11.6 Å². The lowest BCUT2D eigenvalue weighted by atomic mass is 10.1. The Kier molecular flexibility index (Phi) is 5.73. The monoisotopic (exact) mass is 329 g/mol. The third kappa shape index (κ3) is 3.82. The summed E-state index contributed by atoms with van der Waals surface area (Å²) < 4.78 is 0. The minimum absolute atomic E-state index is 0. The Labute approximate surface area is 136 Å². The summed E-state index contributed by atoms with van der Waals surface area (Å²) >= 11 is 6.29. The zero-order valence-corrected chi connectivity index (χ0v) is 13.5. The van der Waals surface area contributed by atoms with Crippen LogP contribution in [-0.4, -0.2) is 43.0 Å². The lowest BCUT2D eigenvalue weighted by molar-refractivity contribution is 0.0724. The van der Waals surface area contributed by atoms with Crippen LogP contribution in [0.1, 0.15) is 29.6 Å². The Bertz CT molecular complexity index is 500. The number of amides is 1. The van der Waals surface area contributed by atoms with Gasteiger partial charge in [-0.25, -0.2) is 0 Å². The highest BCUT2D eigenvalue weighted by atomic mass is 35.5. The fourth-order valence-electron chi connectivity index (χ4n) is 2.67. The van der Waals surface area contributed by atoms with Gasteiger partial charge in [0.1, 0.15) is 0 Å². The van der Waals surface area contributed by atoms with Gasteiger partial charge in [0.15, 0.2) is 0 Å². The highest BCUT2D eigenvalue weighted by molar-refractivity contribution is 6.34. The first-order valence-electron chi connectivity index (χ1n) is 7.30. The number of rotatable bonds is 3. The molecule has 0 aromatic heterocycles. The minimum Gasteiger partial charge on any atom is -0.380 e. The van der Waals surface area contributed by atoms with Crippen molar-refractivity contribution in [3.8, 4) is 0 Å². The van der Waals surface area contributed by atoms with Gasteiger partial charge in [0.2, 0.25) is 0 Å². The number of halogens is 2. The first kappa shape index (κ1) is 16.4. The second-order valence-corrected chi connectivity index (χ2v) is 5.95. The van der Waals surface area contributed by atoms with Crippen molar-refractivity contribution in [3.63, 3.8) is 0 Å². The number of benzene rings is 1. The Hall–Kier alpha value is -0.970. The summed E-state index contributed by atoms with van der Waals surface area (Å²) in [7, 11) is 0. The van der Waals surface area contributed by atoms with Gasteiger partial charge in [-0.2, -0.15) is 0 Å². The van der Waals surface area contributed by atoms with Gasteiger partial charge in [0.25, 0.3) is 5.91 Å². The number of likely N-dealkylation sites (tertiary alicyclic amines) is 1. The van der Waals surface area contributed by atoms with Crippen LogP contribution >= 0.6 is 24.0 Å². The highest BCUT2D eigenvalue weighted by Gasteiger charge is 2.21. The smallest absolute Gasteiger partial charge is 0.255 e. The molecule has 1 amide bonds. The quantitative estimate of drug-likeness (QED) is 0.896. The Morgan fingerprint density at radius 3 is 2.52 bits per heavy atom. The number of hydrogen-bond acceptors (Lipinski definition) is 3. The molecule has 6 heteroatoms. The maximum absolute atomic E-state index is 12.4. The third-order valence-electron chi connectivity index (χ3n) is 4.00. The molecule has 0 atom stereocenters. The number of anilines is 1. The van der Waals surface area contributed by atoms with E-state index in [2.05, 4.69) is 10.6 Å². The lowest BCUT2D eigenvalue weighted by Gasteiger charge is -2.29. The van der Waals surface area contributed by atoms with E-state index in [9.17, 15) is 4.79 Å². The summed E-state index contributed by atoms with van der Waals surface area (Å²) in [5.74, 6) is 0.0616. The van der Waals surface area contributed by atoms with Gasteiger partial charge in [-0.05, 0) is 37.5 Å². The van der Waals surface area contributed by atoms with Gasteiger partial charge in [0.05, 0.1) is 16.6 Å². The molecule has 1 aromatic carbocycles. The molecule has 3 rings (SSSR count). The average Bonchev–Trinajstić information content (AvgIpc) is 2.43. The van der Waals surface area contributed by atoms with Gasteiger partial charge in [-0.15, -0.1) is 12.4 Å². The number of nitrogens with zero attached hydrogens (tertiary/aromatic N) is 1. The molecule has 0 spiro atoms. The van der Waals surface area contributed by atoms with Gasteiger partial charge >= 0.3 is 0 Å². The molecule has 0 unspecified atom stereocenters. The summed E-state index contributed by atoms with van der Waals surface area (Å²) in [6.45, 7) is 3.66. The van der Waals surface area contributed by atoms with E-state index in [-0.39, 0.29) is 18.3 Å². The molecular formula is C15H21Cl2N3O. The van der Waals surface area contributed by atoms with Crippen LogP contribution in [0.15, 0.2) is 18.2 Å². The average molecular weight is 330 g/mol. The third-order valence-corrected chi connectivity index (χ3v) is 4.31. The molecule has 1 aromatic rings. The van der Waals surface area contributed by atoms with Crippen LogP contribution < -0.4 is 10.6 Å². The molecule has 2 heterocycles. The van der Waals surface area contributed by atoms with Gasteiger partial charge in [-0.3, -0.25) is 4.79 Å². The number of piperidine rings is 1. The Balaban J connectivity index is 0.00000161. The number of nitrogens with one attached hydrogen (secondary N) is 2. The molecule has 2 aliphatic heterocycles. The molecule has 21 heavy (non-hydrogen) atoms. The summed E-state index contributed by atoms with van der Waals surface area (Å²) in [6.07, 6.45) is 3.41. The molecule has 0 aliphatic carbocycles. The van der Waals surface area contributed by atoms with Crippen molar-refractivity contribution in [3.05, 3.63) is 28.8 Å². The Morgan fingerprint density at radius 1 is 1.24 bits per heavy atom. The zero-order valence-electron chi connectivity index (χ0n) is 11.9. The molecule has 0 saturated carbocycles. The van der Waals surface area contributed by atoms with Crippen LogP contribution in [0.5, 0.6) is 0 Å². The van der Waals surface area contributed by atoms with E-state index in [0.717, 1.165) is 44.7 Å². The summed E-state index contributed by atoms with van der Waals surface area (Å²) in [5, 5.41) is 7.15. The molecule has 0 radical (unpaired) electrons. The summed E-state index contributed by atoms with van der Waals surface area (Å²) in [6, 6.07) is 6.11. The van der Waals surface area contributed by atoms with Crippen LogP contribution in [0.4, 0.5) is 5.69 Å². The van der Waals surface area contributed by atoms with Gasteiger partial charge < -0.3 is 15.5 Å². The Morgan fingerprint density at radius 2 is 1.95 bits per heavy atom. The van der Waals surface area contributed by atoms with Crippen molar-refractivity contribution >= 4 is 35.6 Å². The number of hydrogen-bond donors (Lipinski definition) is 2. The molecule has 2 N–H and O–H groups in total. The second kappa shape index (κ2) is 7.34. The first-order valence-corrected chi connectivity index (χ1v) is 7.68. The van der Waals surface area contributed by atoms with Gasteiger partial charge in [0, 0.05) is 31.9 Å². The SMILES string of the molecule is Cl.O=C(c1ccc(NC2CNC2)cc1Cl)N1CCCCC1. The van der Waals surface area contributed by atoms with Crippen molar-refractivity contribution in [2.75, 3.05) is 31.5 Å². The van der Waals surface area contributed by atoms with E-state index in [1.807, 2.05) is 23.1 Å². The van der Waals surface area contributed by atoms with Crippen molar-refractivity contribution in [1.29, 1.82) is 0 Å². The van der Waals surface area contributed by atoms with Crippen LogP contribution in [0, 0.1) is 0 Å². The molecule has 2 saturated heterocycles. The number of carbonyl (C=O) groups excluding carboxylic acids is 1. The van der Waals surface area contributed by atoms with Crippen LogP contribution in [0.3, 0.4) is 0 Å². The van der Waals surface area contributed by atoms with Gasteiger partial charge in [-0.1, -0.05) is 11.6 Å². The molecule has 116 valence electrons. The van der Waals surface area contributed by atoms with Crippen molar-refractivity contribution in [2.24, 2.45) is 0 Å². The molecule has 4 nitrogen and oxygen atoms in total. The van der Waals surface area contributed by atoms with Crippen LogP contribution in [0.25, 0.3) is 0 Å². The normalized spacial score (nSPS) is 18.6. The van der Waals surface area contributed by atoms with E-state index in [1.165, 1.54) is 6.42 Å². The zero-order chi connectivity index (χ0) is 13.9. The predicted molar refractivity (Wildman–Crippen MR) is 88.7 cm³/mol. The lowest BCUT2D eigenvalue weighted by Crippen LogP contribution is -2.51. The van der Waals surface area contributed by atoms with E-state index in [0.29, 0.717) is 16.6 Å². The molecule has 2 fully saturated rings. The predicted octanol–water partition coefficient (Wildman–Crippen LogP) is 2.77. The minimum atomic E-state index is 0. The van der Waals surface area contributed by atoms with Crippen LogP contribution in [0.2, 0.25) is 5.02 Å². The molecule has 2 aliphatic rings. The van der Waals surface area contributed by atoms with E-state index < -0.39 is 0 Å². The standard InChI is InChI=1S/C15H20ClN3O.ClH/c16-14-8-11(18-12-9-17-10-12)4-5-13(14)15(20)19-6-2-1-3-7-19;/h4-5,8,12,17-18H,1-3,6-7,9-10H2;1H. The summed E-state index contributed by atoms with van der Waals surface area (Å²) in [4.78, 5) is 14.3. The van der Waals surface area contributed by atoms with E-state index >= 15 is 0 Å². The van der Waals surface area contributed by atoms with Crippen LogP contribution in [-0.2, 0) is 0 Å². The van der Waals surface area contributed by atoms with Crippen molar-refractivity contribution < 1.29 is 4.79 Å². The number of carbonyl (C=O) groups is 1. The largest absolute Gasteiger partial charge is 0.380 e. The van der Waals surface area contributed by atoms with Crippen molar-refractivity contribution in [2.45, 2.75) is 25.3 Å². The second-order valence-electron chi connectivity index (χ2n) is 5.55. The van der Waals surface area contributed by atoms with Crippen molar-refractivity contribution in [1.82, 2.24) is 10.2 Å². The summed E-state index contributed by atoms with van der Waals surface area (Å²) in [5.41, 5.74) is 1.60. The molecular weight excluding hydrogens is 309 g/mol. The first-order chi connectivity index (χ1) is 9.74. The maximum atomic E-state index is 12.4.